The number of aromatic nitrogens is 2. The van der Waals surface area contributed by atoms with Gasteiger partial charge in [-0.2, -0.15) is 0 Å². The van der Waals surface area contributed by atoms with Gasteiger partial charge in [0.05, 0.1) is 36.3 Å². The standard InChI is InChI=1S/C36H46Cl2N6O3/c1-22-29-18-24(36(29,2)3)19-31(22)40-34(42-14-16-47-17-15-42)39-26-6-7-28-32(21-26)41-35(43-11-9-27(45)10-12-43)44(33(28)46)13-8-23-4-5-25(37)20-30(23)38/h4-7,20-22,24,27,29,31,45H,8-19H2,1-3H3,(H,39,40)/t22-,24-,29+,31-/m0/s1. The highest BCUT2D eigenvalue weighted by Gasteiger charge is 2.56. The van der Waals surface area contributed by atoms with Crippen molar-refractivity contribution in [2.75, 3.05) is 49.6 Å². The predicted octanol–water partition coefficient (Wildman–Crippen LogP) is 6.08. The molecule has 2 aliphatic heterocycles. The van der Waals surface area contributed by atoms with Crippen LogP contribution in [0.3, 0.4) is 0 Å². The van der Waals surface area contributed by atoms with Crippen molar-refractivity contribution in [1.82, 2.24) is 14.5 Å². The number of anilines is 2. The maximum atomic E-state index is 14.1. The molecule has 5 fully saturated rings. The number of piperidine rings is 1. The largest absolute Gasteiger partial charge is 0.393 e. The van der Waals surface area contributed by atoms with Crippen molar-refractivity contribution in [2.45, 2.75) is 71.6 Å². The molecule has 0 radical (unpaired) electrons. The number of rotatable bonds is 6. The number of nitrogens with zero attached hydrogens (tertiary/aromatic N) is 5. The predicted molar refractivity (Wildman–Crippen MR) is 190 cm³/mol. The molecule has 3 aromatic rings. The van der Waals surface area contributed by atoms with Crippen LogP contribution in [0.2, 0.25) is 10.0 Å². The van der Waals surface area contributed by atoms with Crippen molar-refractivity contribution in [3.05, 3.63) is 62.4 Å². The van der Waals surface area contributed by atoms with Crippen LogP contribution in [0, 0.1) is 23.2 Å². The van der Waals surface area contributed by atoms with E-state index in [1.165, 1.54) is 6.42 Å². The van der Waals surface area contributed by atoms with Gasteiger partial charge in [-0.1, -0.05) is 50.0 Å². The fourth-order valence-electron chi connectivity index (χ4n) is 8.30. The highest BCUT2D eigenvalue weighted by molar-refractivity contribution is 6.35. The molecule has 2 aromatic carbocycles. The minimum atomic E-state index is -0.336. The second-order valence-electron chi connectivity index (χ2n) is 14.5. The highest BCUT2D eigenvalue weighted by atomic mass is 35.5. The molecule has 2 saturated heterocycles. The number of hydrogen-bond donors (Lipinski definition) is 2. The first-order chi connectivity index (χ1) is 22.6. The molecule has 9 nitrogen and oxygen atoms in total. The monoisotopic (exact) mass is 680 g/mol. The molecule has 8 rings (SSSR count). The van der Waals surface area contributed by atoms with Crippen molar-refractivity contribution in [3.8, 4) is 0 Å². The van der Waals surface area contributed by atoms with Crippen molar-refractivity contribution < 1.29 is 9.84 Å². The van der Waals surface area contributed by atoms with Crippen LogP contribution in [-0.4, -0.2) is 77.1 Å². The van der Waals surface area contributed by atoms with Gasteiger partial charge in [0.1, 0.15) is 0 Å². The molecule has 1 aromatic heterocycles. The van der Waals surface area contributed by atoms with Crippen LogP contribution < -0.4 is 15.8 Å². The topological polar surface area (TPSA) is 95.2 Å². The Morgan fingerprint density at radius 3 is 2.55 bits per heavy atom. The van der Waals surface area contributed by atoms with Crippen molar-refractivity contribution in [3.63, 3.8) is 0 Å². The molecular weight excluding hydrogens is 635 g/mol. The van der Waals surface area contributed by atoms with Gasteiger partial charge in [0.25, 0.3) is 5.56 Å². The number of aliphatic imine (C=N–C) groups is 1. The van der Waals surface area contributed by atoms with Crippen LogP contribution in [0.4, 0.5) is 11.6 Å². The number of aliphatic hydroxyl groups excluding tert-OH is 1. The molecule has 3 heterocycles. The number of morpholine rings is 1. The molecule has 2 N–H and O–H groups in total. The SMILES string of the molecule is C[C@@H]1[C@@H](N=C(Nc2ccc3c(=O)n(CCc4ccc(Cl)cc4Cl)c(N4CCC(O)CC4)nc3c2)N2CCOCC2)C[C@@H]2C[C@H]1C2(C)C. The second-order valence-corrected chi connectivity index (χ2v) is 15.3. The zero-order chi connectivity index (χ0) is 32.9. The Kier molecular flexibility index (Phi) is 9.19. The van der Waals surface area contributed by atoms with Crippen LogP contribution in [0.15, 0.2) is 46.2 Å². The van der Waals surface area contributed by atoms with Gasteiger partial charge >= 0.3 is 0 Å². The Morgan fingerprint density at radius 2 is 1.85 bits per heavy atom. The molecule has 2 bridgehead atoms. The number of fused-ring (bicyclic) bond motifs is 3. The molecular formula is C36H46Cl2N6O3. The average Bonchev–Trinajstić information content (AvgIpc) is 3.06. The van der Waals surface area contributed by atoms with E-state index in [1.807, 2.05) is 30.3 Å². The third-order valence-corrected chi connectivity index (χ3v) is 12.1. The molecule has 0 amide bonds. The summed E-state index contributed by atoms with van der Waals surface area (Å²) in [6, 6.07) is 11.5. The maximum absolute atomic E-state index is 14.1. The first-order valence-corrected chi connectivity index (χ1v) is 17.9. The first kappa shape index (κ1) is 32.7. The Hall–Kier alpha value is -2.85. The lowest BCUT2D eigenvalue weighted by atomic mass is 9.45. The van der Waals surface area contributed by atoms with E-state index in [0.29, 0.717) is 96.3 Å². The summed E-state index contributed by atoms with van der Waals surface area (Å²) >= 11 is 12.6. The van der Waals surface area contributed by atoms with Crippen LogP contribution in [-0.2, 0) is 17.7 Å². The highest BCUT2D eigenvalue weighted by Crippen LogP contribution is 2.61. The van der Waals surface area contributed by atoms with E-state index in [-0.39, 0.29) is 17.7 Å². The first-order valence-electron chi connectivity index (χ1n) is 17.2. The lowest BCUT2D eigenvalue weighted by Gasteiger charge is -2.61. The summed E-state index contributed by atoms with van der Waals surface area (Å²) in [5.41, 5.74) is 2.73. The summed E-state index contributed by atoms with van der Waals surface area (Å²) in [7, 11) is 0. The van der Waals surface area contributed by atoms with Crippen molar-refractivity contribution in [1.29, 1.82) is 0 Å². The smallest absolute Gasteiger partial charge is 0.262 e. The quantitative estimate of drug-likeness (QED) is 0.241. The van der Waals surface area contributed by atoms with E-state index in [4.69, 9.17) is 37.9 Å². The van der Waals surface area contributed by atoms with Crippen LogP contribution in [0.25, 0.3) is 10.9 Å². The maximum Gasteiger partial charge on any atom is 0.262 e. The molecule has 3 aliphatic carbocycles. The van der Waals surface area contributed by atoms with Crippen LogP contribution >= 0.6 is 23.2 Å². The fourth-order valence-corrected chi connectivity index (χ4v) is 8.80. The van der Waals surface area contributed by atoms with Crippen molar-refractivity contribution >= 4 is 51.7 Å². The zero-order valence-corrected chi connectivity index (χ0v) is 29.1. The number of aryl methyl sites for hydroxylation is 1. The third-order valence-electron chi connectivity index (χ3n) is 11.5. The minimum Gasteiger partial charge on any atom is -0.393 e. The molecule has 11 heteroatoms. The Morgan fingerprint density at radius 1 is 1.09 bits per heavy atom. The van der Waals surface area contributed by atoms with Crippen LogP contribution in [0.1, 0.15) is 52.0 Å². The molecule has 0 spiro atoms. The van der Waals surface area contributed by atoms with E-state index in [2.05, 4.69) is 35.9 Å². The van der Waals surface area contributed by atoms with E-state index in [9.17, 15) is 9.90 Å². The van der Waals surface area contributed by atoms with Gasteiger partial charge in [-0.25, -0.2) is 9.98 Å². The third kappa shape index (κ3) is 6.48. The van der Waals surface area contributed by atoms with Gasteiger partial charge in [0.2, 0.25) is 5.95 Å². The van der Waals surface area contributed by atoms with E-state index in [1.54, 1.807) is 10.6 Å². The molecule has 47 heavy (non-hydrogen) atoms. The summed E-state index contributed by atoms with van der Waals surface area (Å²) in [5, 5.41) is 15.6. The fraction of sp³-hybridized carbons (Fsp3) is 0.583. The van der Waals surface area contributed by atoms with Gasteiger partial charge in [-0.05, 0) is 91.2 Å². The zero-order valence-electron chi connectivity index (χ0n) is 27.6. The summed E-state index contributed by atoms with van der Waals surface area (Å²) in [6.07, 6.45) is 3.93. The van der Waals surface area contributed by atoms with Gasteiger partial charge in [0, 0.05) is 48.5 Å². The summed E-state index contributed by atoms with van der Waals surface area (Å²) in [6.45, 7) is 11.8. The average molecular weight is 682 g/mol. The second kappa shape index (κ2) is 13.2. The molecule has 3 saturated carbocycles. The number of halogens is 2. The minimum absolute atomic E-state index is 0.0901. The molecule has 4 atom stereocenters. The number of guanidine groups is 1. The Bertz CT molecular complexity index is 1710. The Labute approximate surface area is 286 Å². The van der Waals surface area contributed by atoms with Gasteiger partial charge in [0.15, 0.2) is 5.96 Å². The number of aliphatic hydroxyl groups is 1. The lowest BCUT2D eigenvalue weighted by molar-refractivity contribution is -0.108. The number of hydrogen-bond acceptors (Lipinski definition) is 6. The summed E-state index contributed by atoms with van der Waals surface area (Å²) < 4.78 is 7.44. The Balaban J connectivity index is 1.21. The molecule has 5 aliphatic rings. The normalized spacial score (nSPS) is 26.4. The van der Waals surface area contributed by atoms with Crippen LogP contribution in [0.5, 0.6) is 0 Å². The molecule has 0 unspecified atom stereocenters. The van der Waals surface area contributed by atoms with E-state index in [0.717, 1.165) is 42.6 Å². The number of ether oxygens (including phenoxy) is 1. The summed E-state index contributed by atoms with van der Waals surface area (Å²) in [5.74, 6) is 3.45. The lowest BCUT2D eigenvalue weighted by Crippen LogP contribution is -2.56. The van der Waals surface area contributed by atoms with Gasteiger partial charge in [-0.15, -0.1) is 0 Å². The van der Waals surface area contributed by atoms with Gasteiger partial charge < -0.3 is 25.0 Å². The van der Waals surface area contributed by atoms with E-state index < -0.39 is 0 Å². The molecule has 252 valence electrons. The number of nitrogens with one attached hydrogen (secondary N) is 1. The van der Waals surface area contributed by atoms with Gasteiger partial charge in [-0.3, -0.25) is 9.36 Å². The van der Waals surface area contributed by atoms with Crippen molar-refractivity contribution in [2.24, 2.45) is 28.2 Å². The summed E-state index contributed by atoms with van der Waals surface area (Å²) in [4.78, 5) is 29.0. The number of benzene rings is 2. The van der Waals surface area contributed by atoms with E-state index >= 15 is 0 Å².